The van der Waals surface area contributed by atoms with Gasteiger partial charge in [0.15, 0.2) is 0 Å². The number of benzene rings is 2. The predicted molar refractivity (Wildman–Crippen MR) is 93.0 cm³/mol. The molecule has 0 radical (unpaired) electrons. The van der Waals surface area contributed by atoms with Gasteiger partial charge in [0.1, 0.15) is 0 Å². The van der Waals surface area contributed by atoms with Crippen molar-refractivity contribution in [3.8, 4) is 0 Å². The first-order valence-corrected chi connectivity index (χ1v) is 7.35. The monoisotopic (exact) mass is 294 g/mol. The number of hydrogen-bond donors (Lipinski definition) is 2. The Hall–Kier alpha value is -2.55. The van der Waals surface area contributed by atoms with E-state index < -0.39 is 0 Å². The molecule has 0 aromatic heterocycles. The molecular weight excluding hydrogens is 272 g/mol. The summed E-state index contributed by atoms with van der Waals surface area (Å²) < 4.78 is 0. The molecule has 0 saturated heterocycles. The molecule has 0 aliphatic heterocycles. The summed E-state index contributed by atoms with van der Waals surface area (Å²) in [5, 5.41) is 5.65. The highest BCUT2D eigenvalue weighted by Crippen LogP contribution is 2.21. The number of amides is 2. The Balaban J connectivity index is 2.01. The van der Waals surface area contributed by atoms with Crippen molar-refractivity contribution in [1.29, 1.82) is 0 Å². The van der Waals surface area contributed by atoms with Crippen LogP contribution in [0.3, 0.4) is 0 Å². The first-order valence-electron chi connectivity index (χ1n) is 7.35. The minimum atomic E-state index is -0.236. The quantitative estimate of drug-likeness (QED) is 0.845. The van der Waals surface area contributed by atoms with Gasteiger partial charge in [0.05, 0.1) is 0 Å². The molecule has 22 heavy (non-hydrogen) atoms. The maximum absolute atomic E-state index is 12.0. The standard InChI is InChI=1S/C19H22N2O/c1-13-11-15(3)18(16(4)12-13)21-19(22)20-10-9-17-8-6-5-7-14(17)2/h5-12H,1-4H3,(H2,20,21,22)/b10-9+. The van der Waals surface area contributed by atoms with E-state index in [4.69, 9.17) is 0 Å². The summed E-state index contributed by atoms with van der Waals surface area (Å²) in [5.74, 6) is 0. The summed E-state index contributed by atoms with van der Waals surface area (Å²) in [6.45, 7) is 8.09. The Kier molecular flexibility index (Phi) is 4.99. The number of aryl methyl sites for hydroxylation is 4. The highest BCUT2D eigenvalue weighted by atomic mass is 16.2. The number of rotatable bonds is 3. The molecule has 0 aliphatic carbocycles. The van der Waals surface area contributed by atoms with E-state index in [0.717, 1.165) is 22.4 Å². The number of urea groups is 1. The summed E-state index contributed by atoms with van der Waals surface area (Å²) in [4.78, 5) is 12.0. The highest BCUT2D eigenvalue weighted by molar-refractivity contribution is 5.92. The van der Waals surface area contributed by atoms with Crippen LogP contribution in [0.1, 0.15) is 27.8 Å². The molecule has 0 heterocycles. The van der Waals surface area contributed by atoms with Crippen molar-refractivity contribution in [3.05, 3.63) is 70.4 Å². The van der Waals surface area contributed by atoms with E-state index in [1.54, 1.807) is 6.20 Å². The smallest absolute Gasteiger partial charge is 0.314 e. The van der Waals surface area contributed by atoms with Gasteiger partial charge in [0.25, 0.3) is 0 Å². The van der Waals surface area contributed by atoms with E-state index in [9.17, 15) is 4.79 Å². The number of anilines is 1. The number of carbonyl (C=O) groups excluding carboxylic acids is 1. The third kappa shape index (κ3) is 3.98. The van der Waals surface area contributed by atoms with Gasteiger partial charge in [0, 0.05) is 11.9 Å². The van der Waals surface area contributed by atoms with Crippen LogP contribution >= 0.6 is 0 Å². The van der Waals surface area contributed by atoms with Gasteiger partial charge in [-0.25, -0.2) is 4.79 Å². The molecule has 0 aliphatic rings. The highest BCUT2D eigenvalue weighted by Gasteiger charge is 2.06. The van der Waals surface area contributed by atoms with Gasteiger partial charge in [-0.1, -0.05) is 42.0 Å². The minimum Gasteiger partial charge on any atom is -0.314 e. The molecule has 2 rings (SSSR count). The van der Waals surface area contributed by atoms with Gasteiger partial charge in [-0.05, 0) is 56.0 Å². The van der Waals surface area contributed by atoms with E-state index in [2.05, 4.69) is 29.7 Å². The second-order valence-corrected chi connectivity index (χ2v) is 5.56. The lowest BCUT2D eigenvalue weighted by Crippen LogP contribution is -2.24. The van der Waals surface area contributed by atoms with Crippen molar-refractivity contribution in [3.63, 3.8) is 0 Å². The maximum Gasteiger partial charge on any atom is 0.323 e. The van der Waals surface area contributed by atoms with Crippen molar-refractivity contribution in [2.75, 3.05) is 5.32 Å². The molecule has 0 spiro atoms. The fourth-order valence-electron chi connectivity index (χ4n) is 2.51. The first-order chi connectivity index (χ1) is 10.5. The fourth-order valence-corrected chi connectivity index (χ4v) is 2.51. The largest absolute Gasteiger partial charge is 0.323 e. The van der Waals surface area contributed by atoms with Crippen LogP contribution in [-0.2, 0) is 0 Å². The second kappa shape index (κ2) is 6.94. The number of carbonyl (C=O) groups is 1. The first kappa shape index (κ1) is 15.8. The molecule has 0 bridgehead atoms. The van der Waals surface area contributed by atoms with Crippen molar-refractivity contribution in [2.24, 2.45) is 0 Å². The molecular formula is C19H22N2O. The van der Waals surface area contributed by atoms with Crippen LogP contribution in [-0.4, -0.2) is 6.03 Å². The Morgan fingerprint density at radius 3 is 2.23 bits per heavy atom. The second-order valence-electron chi connectivity index (χ2n) is 5.56. The normalized spacial score (nSPS) is 10.7. The van der Waals surface area contributed by atoms with E-state index in [1.165, 1.54) is 11.1 Å². The maximum atomic E-state index is 12.0. The summed E-state index contributed by atoms with van der Waals surface area (Å²) >= 11 is 0. The zero-order valence-electron chi connectivity index (χ0n) is 13.5. The van der Waals surface area contributed by atoms with Crippen LogP contribution in [0.25, 0.3) is 6.08 Å². The number of nitrogens with one attached hydrogen (secondary N) is 2. The van der Waals surface area contributed by atoms with Crippen LogP contribution in [0.4, 0.5) is 10.5 Å². The molecule has 0 unspecified atom stereocenters. The Labute approximate surface area is 132 Å². The molecule has 2 amide bonds. The lowest BCUT2D eigenvalue weighted by Gasteiger charge is -2.12. The molecule has 3 heteroatoms. The molecule has 0 atom stereocenters. The molecule has 114 valence electrons. The van der Waals surface area contributed by atoms with E-state index in [-0.39, 0.29) is 6.03 Å². The molecule has 0 fully saturated rings. The van der Waals surface area contributed by atoms with Gasteiger partial charge >= 0.3 is 6.03 Å². The average Bonchev–Trinajstić information content (AvgIpc) is 2.45. The molecule has 2 N–H and O–H groups in total. The summed E-state index contributed by atoms with van der Waals surface area (Å²) in [6, 6.07) is 11.9. The van der Waals surface area contributed by atoms with Gasteiger partial charge in [-0.3, -0.25) is 0 Å². The topological polar surface area (TPSA) is 41.1 Å². The third-order valence-corrected chi connectivity index (χ3v) is 3.58. The van der Waals surface area contributed by atoms with Crippen LogP contribution in [0.15, 0.2) is 42.6 Å². The summed E-state index contributed by atoms with van der Waals surface area (Å²) in [7, 11) is 0. The lowest BCUT2D eigenvalue weighted by atomic mass is 10.1. The SMILES string of the molecule is Cc1cc(C)c(NC(=O)N/C=C/c2ccccc2C)c(C)c1. The fraction of sp³-hybridized carbons (Fsp3) is 0.211. The molecule has 3 nitrogen and oxygen atoms in total. The van der Waals surface area contributed by atoms with Crippen molar-refractivity contribution in [1.82, 2.24) is 5.32 Å². The predicted octanol–water partition coefficient (Wildman–Crippen LogP) is 4.71. The zero-order valence-corrected chi connectivity index (χ0v) is 13.5. The third-order valence-electron chi connectivity index (χ3n) is 3.58. The molecule has 2 aromatic rings. The van der Waals surface area contributed by atoms with Crippen LogP contribution in [0, 0.1) is 27.7 Å². The summed E-state index contributed by atoms with van der Waals surface area (Å²) in [5.41, 5.74) is 6.45. The Morgan fingerprint density at radius 2 is 1.59 bits per heavy atom. The van der Waals surface area contributed by atoms with Crippen molar-refractivity contribution in [2.45, 2.75) is 27.7 Å². The lowest BCUT2D eigenvalue weighted by molar-refractivity contribution is 0.255. The Morgan fingerprint density at radius 1 is 0.955 bits per heavy atom. The van der Waals surface area contributed by atoms with Crippen LogP contribution < -0.4 is 10.6 Å². The summed E-state index contributed by atoms with van der Waals surface area (Å²) in [6.07, 6.45) is 3.56. The van der Waals surface area contributed by atoms with E-state index in [1.807, 2.05) is 51.1 Å². The van der Waals surface area contributed by atoms with Gasteiger partial charge < -0.3 is 10.6 Å². The average molecular weight is 294 g/mol. The van der Waals surface area contributed by atoms with Crippen LogP contribution in [0.5, 0.6) is 0 Å². The number of hydrogen-bond acceptors (Lipinski definition) is 1. The van der Waals surface area contributed by atoms with Crippen molar-refractivity contribution < 1.29 is 4.79 Å². The molecule has 2 aromatic carbocycles. The Bertz CT molecular complexity index is 694. The zero-order chi connectivity index (χ0) is 16.1. The van der Waals surface area contributed by atoms with Crippen molar-refractivity contribution >= 4 is 17.8 Å². The van der Waals surface area contributed by atoms with Gasteiger partial charge in [-0.15, -0.1) is 0 Å². The van der Waals surface area contributed by atoms with Crippen LogP contribution in [0.2, 0.25) is 0 Å². The minimum absolute atomic E-state index is 0.236. The van der Waals surface area contributed by atoms with E-state index in [0.29, 0.717) is 0 Å². The molecule has 0 saturated carbocycles. The van der Waals surface area contributed by atoms with Gasteiger partial charge in [0.2, 0.25) is 0 Å². The van der Waals surface area contributed by atoms with Gasteiger partial charge in [-0.2, -0.15) is 0 Å². The van der Waals surface area contributed by atoms with E-state index >= 15 is 0 Å².